The number of aromatic nitrogens is 1. The third kappa shape index (κ3) is 1.86. The number of rotatable bonds is 3. The SMILES string of the molecule is Cc1c(CCC(=O)O)c2c(O)cccc2n1C. The Morgan fingerprint density at radius 3 is 2.76 bits per heavy atom. The first-order valence-corrected chi connectivity index (χ1v) is 5.50. The van der Waals surface area contributed by atoms with Crippen LogP contribution < -0.4 is 0 Å². The summed E-state index contributed by atoms with van der Waals surface area (Å²) in [6.45, 7) is 1.94. The number of fused-ring (bicyclic) bond motifs is 1. The summed E-state index contributed by atoms with van der Waals surface area (Å²) >= 11 is 0. The molecule has 4 heteroatoms. The van der Waals surface area contributed by atoms with Gasteiger partial charge in [-0.2, -0.15) is 0 Å². The molecule has 2 N–H and O–H groups in total. The third-order valence-corrected chi connectivity index (χ3v) is 3.21. The summed E-state index contributed by atoms with van der Waals surface area (Å²) < 4.78 is 1.98. The molecule has 4 nitrogen and oxygen atoms in total. The van der Waals surface area contributed by atoms with Crippen LogP contribution in [0, 0.1) is 6.92 Å². The van der Waals surface area contributed by atoms with Gasteiger partial charge in [0, 0.05) is 24.5 Å². The Morgan fingerprint density at radius 2 is 2.12 bits per heavy atom. The number of aliphatic carboxylic acids is 1. The van der Waals surface area contributed by atoms with Crippen molar-refractivity contribution in [2.75, 3.05) is 0 Å². The highest BCUT2D eigenvalue weighted by Crippen LogP contribution is 2.32. The molecule has 0 atom stereocenters. The molecule has 0 fully saturated rings. The first-order chi connectivity index (χ1) is 8.02. The van der Waals surface area contributed by atoms with E-state index in [0.29, 0.717) is 6.42 Å². The van der Waals surface area contributed by atoms with Gasteiger partial charge in [0.05, 0.1) is 5.52 Å². The maximum Gasteiger partial charge on any atom is 0.303 e. The van der Waals surface area contributed by atoms with E-state index in [9.17, 15) is 9.90 Å². The van der Waals surface area contributed by atoms with Crippen molar-refractivity contribution in [1.82, 2.24) is 4.57 Å². The van der Waals surface area contributed by atoms with Gasteiger partial charge in [-0.15, -0.1) is 0 Å². The number of hydrogen-bond donors (Lipinski definition) is 2. The minimum absolute atomic E-state index is 0.0777. The number of nitrogens with zero attached hydrogens (tertiary/aromatic N) is 1. The zero-order valence-corrected chi connectivity index (χ0v) is 9.90. The van der Waals surface area contributed by atoms with Crippen molar-refractivity contribution < 1.29 is 15.0 Å². The predicted molar refractivity (Wildman–Crippen MR) is 65.3 cm³/mol. The van der Waals surface area contributed by atoms with E-state index in [-0.39, 0.29) is 12.2 Å². The summed E-state index contributed by atoms with van der Waals surface area (Å²) in [6.07, 6.45) is 0.518. The standard InChI is InChI=1S/C13H15NO3/c1-8-9(6-7-12(16)17)13-10(14(8)2)4-3-5-11(13)15/h3-5,15H,6-7H2,1-2H3,(H,16,17). The van der Waals surface area contributed by atoms with E-state index in [1.54, 1.807) is 12.1 Å². The molecule has 0 radical (unpaired) electrons. The molecule has 0 aliphatic heterocycles. The fourth-order valence-corrected chi connectivity index (χ4v) is 2.22. The van der Waals surface area contributed by atoms with Crippen LogP contribution in [0.2, 0.25) is 0 Å². The van der Waals surface area contributed by atoms with Gasteiger partial charge in [0.2, 0.25) is 0 Å². The van der Waals surface area contributed by atoms with Crippen molar-refractivity contribution in [3.05, 3.63) is 29.5 Å². The van der Waals surface area contributed by atoms with Gasteiger partial charge in [0.25, 0.3) is 0 Å². The molecule has 2 rings (SSSR count). The normalized spacial score (nSPS) is 10.9. The maximum absolute atomic E-state index is 10.6. The lowest BCUT2D eigenvalue weighted by Crippen LogP contribution is -1.99. The Morgan fingerprint density at radius 1 is 1.41 bits per heavy atom. The lowest BCUT2D eigenvalue weighted by Gasteiger charge is -2.00. The van der Waals surface area contributed by atoms with Gasteiger partial charge in [-0.3, -0.25) is 4.79 Å². The van der Waals surface area contributed by atoms with E-state index in [4.69, 9.17) is 5.11 Å². The lowest BCUT2D eigenvalue weighted by atomic mass is 10.1. The topological polar surface area (TPSA) is 62.5 Å². The molecule has 1 aromatic carbocycles. The molecular weight excluding hydrogens is 218 g/mol. The predicted octanol–water partition coefficient (Wildman–Crippen LogP) is 2.21. The van der Waals surface area contributed by atoms with Crippen LogP contribution in [0.1, 0.15) is 17.7 Å². The molecule has 2 aromatic rings. The average Bonchev–Trinajstić information content (AvgIpc) is 2.52. The molecule has 0 aliphatic rings. The van der Waals surface area contributed by atoms with Crippen molar-refractivity contribution >= 4 is 16.9 Å². The summed E-state index contributed by atoms with van der Waals surface area (Å²) in [6, 6.07) is 5.34. The Kier molecular flexibility index (Phi) is 2.79. The van der Waals surface area contributed by atoms with Gasteiger partial charge < -0.3 is 14.8 Å². The summed E-state index contributed by atoms with van der Waals surface area (Å²) in [5.41, 5.74) is 2.86. The van der Waals surface area contributed by atoms with E-state index >= 15 is 0 Å². The maximum atomic E-state index is 10.6. The van der Waals surface area contributed by atoms with Crippen molar-refractivity contribution in [2.45, 2.75) is 19.8 Å². The Bertz CT molecular complexity index is 584. The first kappa shape index (κ1) is 11.5. The molecule has 17 heavy (non-hydrogen) atoms. The molecule has 0 saturated carbocycles. The number of carbonyl (C=O) groups is 1. The van der Waals surface area contributed by atoms with Crippen molar-refractivity contribution in [3.63, 3.8) is 0 Å². The van der Waals surface area contributed by atoms with Gasteiger partial charge in [-0.1, -0.05) is 6.07 Å². The number of benzene rings is 1. The zero-order chi connectivity index (χ0) is 12.6. The van der Waals surface area contributed by atoms with E-state index < -0.39 is 5.97 Å². The summed E-state index contributed by atoms with van der Waals surface area (Å²) in [7, 11) is 1.92. The van der Waals surface area contributed by atoms with Crippen LogP contribution in [-0.2, 0) is 18.3 Å². The fraction of sp³-hybridized carbons (Fsp3) is 0.308. The fourth-order valence-electron chi connectivity index (χ4n) is 2.22. The average molecular weight is 233 g/mol. The highest BCUT2D eigenvalue weighted by atomic mass is 16.4. The van der Waals surface area contributed by atoms with Crippen LogP contribution >= 0.6 is 0 Å². The third-order valence-electron chi connectivity index (χ3n) is 3.21. The van der Waals surface area contributed by atoms with Crippen LogP contribution in [-0.4, -0.2) is 20.7 Å². The second-order valence-electron chi connectivity index (χ2n) is 4.19. The van der Waals surface area contributed by atoms with Crippen LogP contribution in [0.15, 0.2) is 18.2 Å². The summed E-state index contributed by atoms with van der Waals surface area (Å²) in [4.78, 5) is 10.6. The Hall–Kier alpha value is -1.97. The smallest absolute Gasteiger partial charge is 0.303 e. The van der Waals surface area contributed by atoms with Crippen LogP contribution in [0.4, 0.5) is 0 Å². The largest absolute Gasteiger partial charge is 0.507 e. The number of carboxylic acid groups (broad SMARTS) is 1. The van der Waals surface area contributed by atoms with Gasteiger partial charge in [0.15, 0.2) is 0 Å². The molecule has 0 saturated heterocycles. The van der Waals surface area contributed by atoms with Crippen molar-refractivity contribution in [1.29, 1.82) is 0 Å². The van der Waals surface area contributed by atoms with Gasteiger partial charge in [0.1, 0.15) is 5.75 Å². The van der Waals surface area contributed by atoms with Crippen molar-refractivity contribution in [3.8, 4) is 5.75 Å². The molecule has 1 aromatic heterocycles. The molecule has 0 aliphatic carbocycles. The quantitative estimate of drug-likeness (QED) is 0.854. The molecule has 90 valence electrons. The highest BCUT2D eigenvalue weighted by Gasteiger charge is 2.15. The minimum Gasteiger partial charge on any atom is -0.507 e. The molecule has 1 heterocycles. The minimum atomic E-state index is -0.822. The summed E-state index contributed by atoms with van der Waals surface area (Å²) in [5.74, 6) is -0.608. The van der Waals surface area contributed by atoms with Crippen LogP contribution in [0.3, 0.4) is 0 Å². The highest BCUT2D eigenvalue weighted by molar-refractivity contribution is 5.91. The summed E-state index contributed by atoms with van der Waals surface area (Å²) in [5, 5.41) is 19.4. The number of carboxylic acids is 1. The molecule has 0 spiro atoms. The number of phenolic OH excluding ortho intramolecular Hbond substituents is 1. The second kappa shape index (κ2) is 4.13. The Labute approximate surface area is 99.1 Å². The van der Waals surface area contributed by atoms with E-state index in [1.807, 2.05) is 24.6 Å². The lowest BCUT2D eigenvalue weighted by molar-refractivity contribution is -0.136. The number of aryl methyl sites for hydroxylation is 2. The number of aromatic hydroxyl groups is 1. The monoisotopic (exact) mass is 233 g/mol. The van der Waals surface area contributed by atoms with E-state index in [2.05, 4.69) is 0 Å². The number of hydrogen-bond acceptors (Lipinski definition) is 2. The molecular formula is C13H15NO3. The van der Waals surface area contributed by atoms with Crippen LogP contribution in [0.5, 0.6) is 5.75 Å². The Balaban J connectivity index is 2.60. The van der Waals surface area contributed by atoms with Gasteiger partial charge >= 0.3 is 5.97 Å². The van der Waals surface area contributed by atoms with Crippen LogP contribution in [0.25, 0.3) is 10.9 Å². The molecule has 0 amide bonds. The van der Waals surface area contributed by atoms with Crippen molar-refractivity contribution in [2.24, 2.45) is 7.05 Å². The second-order valence-corrected chi connectivity index (χ2v) is 4.19. The first-order valence-electron chi connectivity index (χ1n) is 5.50. The number of phenols is 1. The molecule has 0 bridgehead atoms. The van der Waals surface area contributed by atoms with Gasteiger partial charge in [-0.05, 0) is 31.0 Å². The van der Waals surface area contributed by atoms with Gasteiger partial charge in [-0.25, -0.2) is 0 Å². The van der Waals surface area contributed by atoms with E-state index in [1.165, 1.54) is 0 Å². The zero-order valence-electron chi connectivity index (χ0n) is 9.90. The molecule has 0 unspecified atom stereocenters. The van der Waals surface area contributed by atoms with E-state index in [0.717, 1.165) is 22.2 Å².